The van der Waals surface area contributed by atoms with Gasteiger partial charge in [0.15, 0.2) is 11.6 Å². The highest BCUT2D eigenvalue weighted by molar-refractivity contribution is 7.89. The van der Waals surface area contributed by atoms with Crippen molar-refractivity contribution in [2.45, 2.75) is 38.0 Å². The highest BCUT2D eigenvalue weighted by atomic mass is 32.2. The molecule has 3 heterocycles. The lowest BCUT2D eigenvalue weighted by Gasteiger charge is -2.35. The average molecular weight is 446 g/mol. The van der Waals surface area contributed by atoms with E-state index in [0.717, 1.165) is 30.3 Å². The maximum absolute atomic E-state index is 13.3. The third-order valence-electron chi connectivity index (χ3n) is 6.19. The van der Waals surface area contributed by atoms with Gasteiger partial charge in [-0.25, -0.2) is 8.42 Å². The van der Waals surface area contributed by atoms with Gasteiger partial charge in [-0.1, -0.05) is 0 Å². The Morgan fingerprint density at radius 1 is 0.806 bits per heavy atom. The number of piperazine rings is 1. The second-order valence-corrected chi connectivity index (χ2v) is 10.2. The first-order chi connectivity index (χ1) is 14.9. The third-order valence-corrected chi connectivity index (χ3v) is 8.23. The quantitative estimate of drug-likeness (QED) is 0.700. The number of aryl methyl sites for hydroxylation is 2. The maximum atomic E-state index is 13.3. The molecule has 4 rings (SSSR count). The number of piperidine rings is 1. The summed E-state index contributed by atoms with van der Waals surface area (Å²) < 4.78 is 33.4. The van der Waals surface area contributed by atoms with Crippen LogP contribution in [0, 0.1) is 13.8 Å². The molecule has 2 aromatic rings. The van der Waals surface area contributed by atoms with E-state index >= 15 is 0 Å². The van der Waals surface area contributed by atoms with E-state index in [-0.39, 0.29) is 0 Å². The number of ether oxygens (including phenoxy) is 1. The molecule has 2 saturated heterocycles. The standard InChI is InChI=1S/C22H31N5O3S/c1-17-16-20(18(2)15-19(17)30-3)31(28,29)27-13-11-26(12-14-27)22-8-7-21(23-24-22)25-9-5-4-6-10-25/h7-8,15-16H,4-6,9-14H2,1-3H3. The lowest BCUT2D eigenvalue weighted by molar-refractivity contribution is 0.382. The number of hydrogen-bond donors (Lipinski definition) is 0. The van der Waals surface area contributed by atoms with E-state index in [1.165, 1.54) is 19.3 Å². The van der Waals surface area contributed by atoms with Crippen molar-refractivity contribution >= 4 is 21.7 Å². The van der Waals surface area contributed by atoms with Crippen molar-refractivity contribution in [3.05, 3.63) is 35.4 Å². The lowest BCUT2D eigenvalue weighted by Crippen LogP contribution is -2.49. The van der Waals surface area contributed by atoms with Crippen molar-refractivity contribution < 1.29 is 13.2 Å². The number of sulfonamides is 1. The molecule has 1 aromatic heterocycles. The van der Waals surface area contributed by atoms with Crippen molar-refractivity contribution in [1.82, 2.24) is 14.5 Å². The van der Waals surface area contributed by atoms with E-state index < -0.39 is 10.0 Å². The topological polar surface area (TPSA) is 78.9 Å². The molecule has 2 aliphatic rings. The summed E-state index contributed by atoms with van der Waals surface area (Å²) in [5, 5.41) is 8.84. The van der Waals surface area contributed by atoms with E-state index in [1.807, 2.05) is 26.0 Å². The molecule has 31 heavy (non-hydrogen) atoms. The minimum absolute atomic E-state index is 0.352. The molecule has 2 fully saturated rings. The van der Waals surface area contributed by atoms with Crippen LogP contribution in [0.2, 0.25) is 0 Å². The van der Waals surface area contributed by atoms with Crippen LogP contribution in [0.1, 0.15) is 30.4 Å². The fourth-order valence-electron chi connectivity index (χ4n) is 4.34. The summed E-state index contributed by atoms with van der Waals surface area (Å²) in [5.41, 5.74) is 1.51. The Hall–Kier alpha value is -2.39. The van der Waals surface area contributed by atoms with E-state index in [4.69, 9.17) is 4.74 Å². The highest BCUT2D eigenvalue weighted by Gasteiger charge is 2.30. The number of rotatable bonds is 5. The molecular formula is C22H31N5O3S. The SMILES string of the molecule is COc1cc(C)c(S(=O)(=O)N2CCN(c3ccc(N4CCCCC4)nn3)CC2)cc1C. The van der Waals surface area contributed by atoms with Crippen LogP contribution in [-0.4, -0.2) is 69.3 Å². The zero-order valence-electron chi connectivity index (χ0n) is 18.5. The average Bonchev–Trinajstić information content (AvgIpc) is 2.81. The van der Waals surface area contributed by atoms with Gasteiger partial charge < -0.3 is 14.5 Å². The van der Waals surface area contributed by atoms with E-state index in [1.54, 1.807) is 23.5 Å². The smallest absolute Gasteiger partial charge is 0.243 e. The lowest BCUT2D eigenvalue weighted by atomic mass is 10.1. The van der Waals surface area contributed by atoms with Crippen LogP contribution in [0.3, 0.4) is 0 Å². The van der Waals surface area contributed by atoms with Gasteiger partial charge in [-0.15, -0.1) is 10.2 Å². The molecule has 0 bridgehead atoms. The Balaban J connectivity index is 1.43. The summed E-state index contributed by atoms with van der Waals surface area (Å²) >= 11 is 0. The van der Waals surface area contributed by atoms with Crippen LogP contribution < -0.4 is 14.5 Å². The first-order valence-corrected chi connectivity index (χ1v) is 12.3. The molecule has 0 N–H and O–H groups in total. The van der Waals surface area contributed by atoms with Crippen molar-refractivity contribution in [3.63, 3.8) is 0 Å². The second-order valence-electron chi connectivity index (χ2n) is 8.28. The van der Waals surface area contributed by atoms with E-state index in [0.29, 0.717) is 42.4 Å². The normalized spacial score (nSPS) is 18.3. The van der Waals surface area contributed by atoms with Gasteiger partial charge in [0.2, 0.25) is 10.0 Å². The molecule has 0 radical (unpaired) electrons. The summed E-state index contributed by atoms with van der Waals surface area (Å²) in [6, 6.07) is 7.52. The predicted molar refractivity (Wildman–Crippen MR) is 122 cm³/mol. The molecule has 9 heteroatoms. The van der Waals surface area contributed by atoms with Gasteiger partial charge in [-0.3, -0.25) is 0 Å². The molecular weight excluding hydrogens is 414 g/mol. The summed E-state index contributed by atoms with van der Waals surface area (Å²) in [6.45, 7) is 7.76. The molecule has 8 nitrogen and oxygen atoms in total. The summed E-state index contributed by atoms with van der Waals surface area (Å²) in [6.07, 6.45) is 3.69. The van der Waals surface area contributed by atoms with Crippen LogP contribution in [-0.2, 0) is 10.0 Å². The Morgan fingerprint density at radius 2 is 1.39 bits per heavy atom. The Labute approximate surface area is 184 Å². The van der Waals surface area contributed by atoms with Gasteiger partial charge >= 0.3 is 0 Å². The number of benzene rings is 1. The van der Waals surface area contributed by atoms with Crippen molar-refractivity contribution in [2.24, 2.45) is 0 Å². The number of nitrogens with zero attached hydrogens (tertiary/aromatic N) is 5. The zero-order chi connectivity index (χ0) is 22.0. The summed E-state index contributed by atoms with van der Waals surface area (Å²) in [7, 11) is -1.96. The predicted octanol–water partition coefficient (Wildman–Crippen LogP) is 2.60. The van der Waals surface area contributed by atoms with Crippen molar-refractivity contribution in [3.8, 4) is 5.75 Å². The highest BCUT2D eigenvalue weighted by Crippen LogP contribution is 2.29. The van der Waals surface area contributed by atoms with Crippen LogP contribution in [0.25, 0.3) is 0 Å². The molecule has 2 aliphatic heterocycles. The monoisotopic (exact) mass is 445 g/mol. The van der Waals surface area contributed by atoms with Gasteiger partial charge in [-0.05, 0) is 68.5 Å². The van der Waals surface area contributed by atoms with Gasteiger partial charge in [-0.2, -0.15) is 4.31 Å². The molecule has 0 aliphatic carbocycles. The van der Waals surface area contributed by atoms with Crippen LogP contribution in [0.15, 0.2) is 29.2 Å². The van der Waals surface area contributed by atoms with E-state index in [9.17, 15) is 8.42 Å². The largest absolute Gasteiger partial charge is 0.496 e. The van der Waals surface area contributed by atoms with Crippen molar-refractivity contribution in [2.75, 3.05) is 56.2 Å². The molecule has 0 saturated carbocycles. The number of hydrogen-bond acceptors (Lipinski definition) is 7. The fraction of sp³-hybridized carbons (Fsp3) is 0.545. The van der Waals surface area contributed by atoms with Gasteiger partial charge in [0.05, 0.1) is 12.0 Å². The first-order valence-electron chi connectivity index (χ1n) is 10.9. The van der Waals surface area contributed by atoms with Crippen LogP contribution >= 0.6 is 0 Å². The maximum Gasteiger partial charge on any atom is 0.243 e. The minimum atomic E-state index is -3.56. The van der Waals surface area contributed by atoms with Gasteiger partial charge in [0.25, 0.3) is 0 Å². The summed E-state index contributed by atoms with van der Waals surface area (Å²) in [5.74, 6) is 2.43. The molecule has 1 aromatic carbocycles. The number of aromatic nitrogens is 2. The molecule has 0 spiro atoms. The molecule has 168 valence electrons. The Bertz CT molecular complexity index is 1010. The zero-order valence-corrected chi connectivity index (χ0v) is 19.4. The molecule has 0 unspecified atom stereocenters. The second kappa shape index (κ2) is 9.00. The third kappa shape index (κ3) is 4.48. The van der Waals surface area contributed by atoms with E-state index in [2.05, 4.69) is 20.0 Å². The first kappa shape index (κ1) is 21.8. The number of methoxy groups -OCH3 is 1. The van der Waals surface area contributed by atoms with Crippen LogP contribution in [0.4, 0.5) is 11.6 Å². The van der Waals surface area contributed by atoms with Gasteiger partial charge in [0, 0.05) is 39.3 Å². The Morgan fingerprint density at radius 3 is 1.94 bits per heavy atom. The van der Waals surface area contributed by atoms with Crippen LogP contribution in [0.5, 0.6) is 5.75 Å². The van der Waals surface area contributed by atoms with Crippen molar-refractivity contribution in [1.29, 1.82) is 0 Å². The van der Waals surface area contributed by atoms with Gasteiger partial charge in [0.1, 0.15) is 5.75 Å². The Kier molecular flexibility index (Phi) is 6.34. The fourth-order valence-corrected chi connectivity index (χ4v) is 6.05. The molecule has 0 amide bonds. The minimum Gasteiger partial charge on any atom is -0.496 e. The summed E-state index contributed by atoms with van der Waals surface area (Å²) in [4.78, 5) is 4.74. The molecule has 0 atom stereocenters. The number of anilines is 2.